The van der Waals surface area contributed by atoms with E-state index in [-0.39, 0.29) is 5.69 Å². The highest BCUT2D eigenvalue weighted by molar-refractivity contribution is 5.94. The van der Waals surface area contributed by atoms with Gasteiger partial charge in [-0.15, -0.1) is 0 Å². The minimum Gasteiger partial charge on any atom is -0.452 e. The van der Waals surface area contributed by atoms with Gasteiger partial charge < -0.3 is 10.1 Å². The highest BCUT2D eigenvalue weighted by Gasteiger charge is 2.10. The van der Waals surface area contributed by atoms with Crippen LogP contribution in [-0.4, -0.2) is 18.5 Å². The molecule has 0 atom stereocenters. The molecule has 1 N–H and O–H groups in total. The van der Waals surface area contributed by atoms with E-state index in [2.05, 4.69) is 5.32 Å². The van der Waals surface area contributed by atoms with Crippen molar-refractivity contribution in [1.82, 2.24) is 0 Å². The van der Waals surface area contributed by atoms with Crippen molar-refractivity contribution >= 4 is 23.6 Å². The highest BCUT2D eigenvalue weighted by Crippen LogP contribution is 2.15. The Morgan fingerprint density at radius 3 is 2.67 bits per heavy atom. The minimum atomic E-state index is -0.782. The number of amides is 1. The third kappa shape index (κ3) is 5.01. The molecule has 0 saturated carbocycles. The van der Waals surface area contributed by atoms with E-state index < -0.39 is 30.1 Å². The molecule has 0 aliphatic rings. The van der Waals surface area contributed by atoms with Crippen LogP contribution in [0.1, 0.15) is 11.1 Å². The molecule has 0 unspecified atom stereocenters. The number of hydrogen-bond donors (Lipinski definition) is 1. The van der Waals surface area contributed by atoms with E-state index in [9.17, 15) is 18.4 Å². The maximum atomic E-state index is 13.4. The van der Waals surface area contributed by atoms with Crippen molar-refractivity contribution in [2.24, 2.45) is 0 Å². The van der Waals surface area contributed by atoms with Crippen LogP contribution in [0.15, 0.2) is 48.5 Å². The highest BCUT2D eigenvalue weighted by atomic mass is 19.1. The third-order valence-corrected chi connectivity index (χ3v) is 3.14. The number of esters is 1. The molecule has 0 radical (unpaired) electrons. The molecule has 0 fully saturated rings. The van der Waals surface area contributed by atoms with Gasteiger partial charge in [0.25, 0.3) is 5.91 Å². The quantitative estimate of drug-likeness (QED) is 0.674. The molecule has 6 heteroatoms. The smallest absolute Gasteiger partial charge is 0.331 e. The number of hydrogen-bond acceptors (Lipinski definition) is 3. The molecule has 2 aromatic rings. The summed E-state index contributed by atoms with van der Waals surface area (Å²) in [5, 5.41) is 2.13. The van der Waals surface area contributed by atoms with Crippen LogP contribution in [0.3, 0.4) is 0 Å². The lowest BCUT2D eigenvalue weighted by molar-refractivity contribution is -0.142. The van der Waals surface area contributed by atoms with E-state index in [0.717, 1.165) is 29.3 Å². The van der Waals surface area contributed by atoms with Gasteiger partial charge in [0, 0.05) is 12.1 Å². The van der Waals surface area contributed by atoms with Gasteiger partial charge >= 0.3 is 5.97 Å². The monoisotopic (exact) mass is 331 g/mol. The standard InChI is InChI=1S/C18H15F2NO3/c1-12-4-2-3-5-13(12)6-9-18(23)24-11-17(22)21-16-10-14(19)7-8-15(16)20/h2-10H,11H2,1H3,(H,21,22)/b9-6+. The molecule has 0 heterocycles. The molecule has 0 saturated heterocycles. The lowest BCUT2D eigenvalue weighted by Gasteiger charge is -2.06. The second kappa shape index (κ2) is 8.01. The molecule has 2 aromatic carbocycles. The first kappa shape index (κ1) is 17.3. The van der Waals surface area contributed by atoms with Crippen LogP contribution in [-0.2, 0) is 14.3 Å². The summed E-state index contributed by atoms with van der Waals surface area (Å²) in [4.78, 5) is 23.2. The van der Waals surface area contributed by atoms with Crippen LogP contribution in [0.5, 0.6) is 0 Å². The maximum Gasteiger partial charge on any atom is 0.331 e. The van der Waals surface area contributed by atoms with Gasteiger partial charge in [0.05, 0.1) is 5.69 Å². The maximum absolute atomic E-state index is 13.4. The normalized spacial score (nSPS) is 10.6. The summed E-state index contributed by atoms with van der Waals surface area (Å²) in [7, 11) is 0. The van der Waals surface area contributed by atoms with Gasteiger partial charge in [-0.2, -0.15) is 0 Å². The van der Waals surface area contributed by atoms with Gasteiger partial charge in [-0.25, -0.2) is 13.6 Å². The average molecular weight is 331 g/mol. The topological polar surface area (TPSA) is 55.4 Å². The number of nitrogens with one attached hydrogen (secondary N) is 1. The number of carbonyl (C=O) groups excluding carboxylic acids is 2. The molecule has 0 aromatic heterocycles. The third-order valence-electron chi connectivity index (χ3n) is 3.14. The van der Waals surface area contributed by atoms with E-state index in [0.29, 0.717) is 0 Å². The van der Waals surface area contributed by atoms with E-state index in [1.54, 1.807) is 6.08 Å². The Hall–Kier alpha value is -3.02. The predicted octanol–water partition coefficient (Wildman–Crippen LogP) is 3.47. The summed E-state index contributed by atoms with van der Waals surface area (Å²) < 4.78 is 31.1. The molecule has 124 valence electrons. The molecular weight excluding hydrogens is 316 g/mol. The van der Waals surface area contributed by atoms with Crippen LogP contribution in [0.2, 0.25) is 0 Å². The van der Waals surface area contributed by atoms with Crippen molar-refractivity contribution < 1.29 is 23.1 Å². The molecule has 2 rings (SSSR count). The van der Waals surface area contributed by atoms with Gasteiger partial charge in [0.15, 0.2) is 6.61 Å². The number of halogens is 2. The number of benzene rings is 2. The molecule has 4 nitrogen and oxygen atoms in total. The van der Waals surface area contributed by atoms with Crippen LogP contribution < -0.4 is 5.32 Å². The summed E-state index contributed by atoms with van der Waals surface area (Å²) in [6.45, 7) is 1.29. The molecule has 24 heavy (non-hydrogen) atoms. The van der Waals surface area contributed by atoms with Crippen LogP contribution in [0.25, 0.3) is 6.08 Å². The Morgan fingerprint density at radius 2 is 1.92 bits per heavy atom. The zero-order valence-corrected chi connectivity index (χ0v) is 12.9. The second-order valence-electron chi connectivity index (χ2n) is 4.97. The van der Waals surface area contributed by atoms with Gasteiger partial charge in [-0.1, -0.05) is 24.3 Å². The molecular formula is C18H15F2NO3. The Labute approximate surface area is 137 Å². The Kier molecular flexibility index (Phi) is 5.78. The largest absolute Gasteiger partial charge is 0.452 e. The van der Waals surface area contributed by atoms with Crippen molar-refractivity contribution in [3.05, 3.63) is 71.3 Å². The fraction of sp³-hybridized carbons (Fsp3) is 0.111. The Balaban J connectivity index is 1.86. The number of ether oxygens (including phenoxy) is 1. The fourth-order valence-corrected chi connectivity index (χ4v) is 1.90. The SMILES string of the molecule is Cc1ccccc1/C=C/C(=O)OCC(=O)Nc1cc(F)ccc1F. The van der Waals surface area contributed by atoms with Gasteiger partial charge in [0.2, 0.25) is 0 Å². The Bertz CT molecular complexity index is 788. The van der Waals surface area contributed by atoms with E-state index in [1.165, 1.54) is 6.08 Å². The van der Waals surface area contributed by atoms with Crippen molar-refractivity contribution in [1.29, 1.82) is 0 Å². The number of carbonyl (C=O) groups is 2. The van der Waals surface area contributed by atoms with Crippen LogP contribution in [0.4, 0.5) is 14.5 Å². The molecule has 0 aliphatic carbocycles. The summed E-state index contributed by atoms with van der Waals surface area (Å²) >= 11 is 0. The van der Waals surface area contributed by atoms with Gasteiger partial charge in [0.1, 0.15) is 11.6 Å². The predicted molar refractivity (Wildman–Crippen MR) is 86.2 cm³/mol. The number of anilines is 1. The lowest BCUT2D eigenvalue weighted by atomic mass is 10.1. The van der Waals surface area contributed by atoms with E-state index in [4.69, 9.17) is 4.74 Å². The van der Waals surface area contributed by atoms with E-state index >= 15 is 0 Å². The average Bonchev–Trinajstić information content (AvgIpc) is 2.55. The van der Waals surface area contributed by atoms with Crippen LogP contribution in [0, 0.1) is 18.6 Å². The summed E-state index contributed by atoms with van der Waals surface area (Å²) in [5.74, 6) is -2.95. The number of aryl methyl sites for hydroxylation is 1. The Morgan fingerprint density at radius 1 is 1.17 bits per heavy atom. The number of rotatable bonds is 5. The summed E-state index contributed by atoms with van der Waals surface area (Å²) in [6, 6.07) is 10.1. The fourth-order valence-electron chi connectivity index (χ4n) is 1.90. The molecule has 1 amide bonds. The first-order valence-electron chi connectivity index (χ1n) is 7.11. The lowest BCUT2D eigenvalue weighted by Crippen LogP contribution is -2.20. The van der Waals surface area contributed by atoms with Crippen LogP contribution >= 0.6 is 0 Å². The van der Waals surface area contributed by atoms with Crippen molar-refractivity contribution in [3.8, 4) is 0 Å². The van der Waals surface area contributed by atoms with Crippen molar-refractivity contribution in [3.63, 3.8) is 0 Å². The van der Waals surface area contributed by atoms with Crippen molar-refractivity contribution in [2.75, 3.05) is 11.9 Å². The van der Waals surface area contributed by atoms with E-state index in [1.807, 2.05) is 31.2 Å². The minimum absolute atomic E-state index is 0.313. The molecule has 0 spiro atoms. The summed E-state index contributed by atoms with van der Waals surface area (Å²) in [6.07, 6.45) is 2.76. The second-order valence-corrected chi connectivity index (χ2v) is 4.97. The summed E-state index contributed by atoms with van der Waals surface area (Å²) in [5.41, 5.74) is 1.52. The van der Waals surface area contributed by atoms with Crippen molar-refractivity contribution in [2.45, 2.75) is 6.92 Å². The zero-order valence-electron chi connectivity index (χ0n) is 12.9. The molecule has 0 bridgehead atoms. The molecule has 0 aliphatic heterocycles. The first-order chi connectivity index (χ1) is 11.5. The zero-order chi connectivity index (χ0) is 17.5. The van der Waals surface area contributed by atoms with Gasteiger partial charge in [-0.3, -0.25) is 4.79 Å². The first-order valence-corrected chi connectivity index (χ1v) is 7.11. The van der Waals surface area contributed by atoms with Gasteiger partial charge in [-0.05, 0) is 36.3 Å².